The predicted molar refractivity (Wildman–Crippen MR) is 70.8 cm³/mol. The van der Waals surface area contributed by atoms with Crippen molar-refractivity contribution < 1.29 is 19.2 Å². The topological polar surface area (TPSA) is 71.5 Å². The monoisotopic (exact) mass is 273 g/mol. The number of rotatable bonds is 4. The molecule has 0 N–H and O–H groups in total. The van der Waals surface area contributed by atoms with Gasteiger partial charge in [-0.1, -0.05) is 30.3 Å². The minimum absolute atomic E-state index is 0.0852. The summed E-state index contributed by atoms with van der Waals surface area (Å²) in [5.41, 5.74) is 0.377. The largest absolute Gasteiger partial charge is 0.299 e. The van der Waals surface area contributed by atoms with Crippen molar-refractivity contribution in [1.29, 1.82) is 0 Å². The lowest BCUT2D eigenvalue weighted by atomic mass is 9.82. The van der Waals surface area contributed by atoms with Crippen LogP contribution < -0.4 is 0 Å². The van der Waals surface area contributed by atoms with Crippen molar-refractivity contribution in [3.8, 4) is 0 Å². The van der Waals surface area contributed by atoms with E-state index >= 15 is 0 Å². The summed E-state index contributed by atoms with van der Waals surface area (Å²) >= 11 is 0. The molecule has 1 aliphatic heterocycles. The van der Waals surface area contributed by atoms with E-state index in [1.165, 1.54) is 14.0 Å². The molecule has 1 saturated heterocycles. The molecular formula is C15H15NO4. The molecule has 20 heavy (non-hydrogen) atoms. The molecule has 0 aromatic heterocycles. The maximum atomic E-state index is 12.4. The molecule has 0 saturated carbocycles. The molecule has 104 valence electrons. The summed E-state index contributed by atoms with van der Waals surface area (Å²) in [6.45, 7) is 1.28. The SMILES string of the molecule is CC(=O)C(C(=O)c1ccccc1)[C@H]1CC(=O)N(C)C1=O. The molecule has 2 rings (SSSR count). The Kier molecular flexibility index (Phi) is 3.79. The predicted octanol–water partition coefficient (Wildman–Crippen LogP) is 1.08. The zero-order valence-corrected chi connectivity index (χ0v) is 11.3. The second-order valence-electron chi connectivity index (χ2n) is 4.92. The highest BCUT2D eigenvalue weighted by Crippen LogP contribution is 2.29. The van der Waals surface area contributed by atoms with Crippen LogP contribution in [-0.4, -0.2) is 35.3 Å². The van der Waals surface area contributed by atoms with E-state index in [1.54, 1.807) is 30.3 Å². The van der Waals surface area contributed by atoms with E-state index in [0.717, 1.165) is 4.90 Å². The molecule has 1 aliphatic rings. The number of hydrogen-bond donors (Lipinski definition) is 0. The molecule has 1 unspecified atom stereocenters. The third kappa shape index (κ3) is 2.39. The van der Waals surface area contributed by atoms with Crippen molar-refractivity contribution in [3.05, 3.63) is 35.9 Å². The van der Waals surface area contributed by atoms with Gasteiger partial charge < -0.3 is 0 Å². The molecular weight excluding hydrogens is 258 g/mol. The van der Waals surface area contributed by atoms with E-state index < -0.39 is 23.5 Å². The maximum absolute atomic E-state index is 12.4. The van der Waals surface area contributed by atoms with E-state index in [1.807, 2.05) is 0 Å². The van der Waals surface area contributed by atoms with Crippen molar-refractivity contribution in [1.82, 2.24) is 4.90 Å². The molecule has 0 bridgehead atoms. The first kappa shape index (κ1) is 14.1. The van der Waals surface area contributed by atoms with Gasteiger partial charge in [-0.15, -0.1) is 0 Å². The third-order valence-electron chi connectivity index (χ3n) is 3.60. The highest BCUT2D eigenvalue weighted by atomic mass is 16.2. The summed E-state index contributed by atoms with van der Waals surface area (Å²) in [4.78, 5) is 48.8. The Bertz CT molecular complexity index is 579. The minimum atomic E-state index is -1.08. The number of Topliss-reactive ketones (excluding diaryl/α,β-unsaturated/α-hetero) is 2. The lowest BCUT2D eigenvalue weighted by Crippen LogP contribution is -2.35. The van der Waals surface area contributed by atoms with E-state index in [2.05, 4.69) is 0 Å². The molecule has 5 heteroatoms. The second kappa shape index (κ2) is 5.36. The van der Waals surface area contributed by atoms with Crippen LogP contribution >= 0.6 is 0 Å². The van der Waals surface area contributed by atoms with Crippen LogP contribution in [0.15, 0.2) is 30.3 Å². The normalized spacial score (nSPS) is 20.1. The van der Waals surface area contributed by atoms with Gasteiger partial charge >= 0.3 is 0 Å². The van der Waals surface area contributed by atoms with Crippen LogP contribution in [0.4, 0.5) is 0 Å². The zero-order valence-electron chi connectivity index (χ0n) is 11.3. The summed E-state index contributed by atoms with van der Waals surface area (Å²) in [6.07, 6.45) is -0.0852. The highest BCUT2D eigenvalue weighted by Gasteiger charge is 2.45. The van der Waals surface area contributed by atoms with Crippen LogP contribution in [0.2, 0.25) is 0 Å². The fourth-order valence-corrected chi connectivity index (χ4v) is 2.48. The van der Waals surface area contributed by atoms with Crippen molar-refractivity contribution in [2.45, 2.75) is 13.3 Å². The van der Waals surface area contributed by atoms with E-state index in [9.17, 15) is 19.2 Å². The van der Waals surface area contributed by atoms with E-state index in [4.69, 9.17) is 0 Å². The summed E-state index contributed by atoms with van der Waals surface area (Å²) < 4.78 is 0. The number of nitrogens with zero attached hydrogens (tertiary/aromatic N) is 1. The van der Waals surface area contributed by atoms with Crippen LogP contribution in [0.25, 0.3) is 0 Å². The lowest BCUT2D eigenvalue weighted by molar-refractivity contribution is -0.139. The van der Waals surface area contributed by atoms with Crippen molar-refractivity contribution in [2.24, 2.45) is 11.8 Å². The van der Waals surface area contributed by atoms with E-state index in [-0.39, 0.29) is 18.1 Å². The number of carbonyl (C=O) groups is 4. The molecule has 1 heterocycles. The van der Waals surface area contributed by atoms with Crippen LogP contribution in [0.1, 0.15) is 23.7 Å². The Labute approximate surface area is 116 Å². The molecule has 1 aromatic carbocycles. The van der Waals surface area contributed by atoms with Gasteiger partial charge in [-0.25, -0.2) is 0 Å². The van der Waals surface area contributed by atoms with Gasteiger partial charge in [-0.3, -0.25) is 24.1 Å². The molecule has 1 fully saturated rings. The Hall–Kier alpha value is -2.30. The Morgan fingerprint density at radius 2 is 1.80 bits per heavy atom. The van der Waals surface area contributed by atoms with Crippen molar-refractivity contribution >= 4 is 23.4 Å². The first-order valence-electron chi connectivity index (χ1n) is 6.33. The molecule has 0 spiro atoms. The number of likely N-dealkylation sites (tertiary alicyclic amines) is 1. The number of ketones is 2. The van der Waals surface area contributed by atoms with Crippen LogP contribution in [0.5, 0.6) is 0 Å². The Balaban J connectivity index is 2.34. The van der Waals surface area contributed by atoms with Crippen molar-refractivity contribution in [3.63, 3.8) is 0 Å². The van der Waals surface area contributed by atoms with Gasteiger partial charge in [0.15, 0.2) is 5.78 Å². The first-order chi connectivity index (χ1) is 9.43. The van der Waals surface area contributed by atoms with Gasteiger partial charge in [0, 0.05) is 19.0 Å². The molecule has 0 aliphatic carbocycles. The molecule has 2 amide bonds. The molecule has 1 aromatic rings. The van der Waals surface area contributed by atoms with Crippen molar-refractivity contribution in [2.75, 3.05) is 7.05 Å². The Morgan fingerprint density at radius 1 is 1.20 bits per heavy atom. The number of imide groups is 1. The van der Waals surface area contributed by atoms with Gasteiger partial charge in [-0.05, 0) is 6.92 Å². The number of benzene rings is 1. The maximum Gasteiger partial charge on any atom is 0.233 e. The fraction of sp³-hybridized carbons (Fsp3) is 0.333. The molecule has 0 radical (unpaired) electrons. The quantitative estimate of drug-likeness (QED) is 0.467. The molecule has 2 atom stereocenters. The standard InChI is InChI=1S/C15H15NO4/c1-9(17)13(11-8-12(18)16(2)15(11)20)14(19)10-6-4-3-5-7-10/h3-7,11,13H,8H2,1-2H3/t11-,13?/m1/s1. The Morgan fingerprint density at radius 3 is 2.25 bits per heavy atom. The molecule has 5 nitrogen and oxygen atoms in total. The van der Waals surface area contributed by atoms with Crippen LogP contribution in [-0.2, 0) is 14.4 Å². The van der Waals surface area contributed by atoms with Gasteiger partial charge in [0.25, 0.3) is 0 Å². The minimum Gasteiger partial charge on any atom is -0.299 e. The number of hydrogen-bond acceptors (Lipinski definition) is 4. The van der Waals surface area contributed by atoms with Crippen LogP contribution in [0.3, 0.4) is 0 Å². The van der Waals surface area contributed by atoms with Gasteiger partial charge in [0.1, 0.15) is 5.78 Å². The van der Waals surface area contributed by atoms with Gasteiger partial charge in [0.05, 0.1) is 11.8 Å². The van der Waals surface area contributed by atoms with Gasteiger partial charge in [0.2, 0.25) is 11.8 Å². The highest BCUT2D eigenvalue weighted by molar-refractivity contribution is 6.15. The third-order valence-corrected chi connectivity index (χ3v) is 3.60. The number of carbonyl (C=O) groups excluding carboxylic acids is 4. The lowest BCUT2D eigenvalue weighted by Gasteiger charge is -2.18. The van der Waals surface area contributed by atoms with Crippen LogP contribution in [0, 0.1) is 11.8 Å². The summed E-state index contributed by atoms with van der Waals surface area (Å²) in [6, 6.07) is 8.35. The zero-order chi connectivity index (χ0) is 14.9. The summed E-state index contributed by atoms with van der Waals surface area (Å²) in [5.74, 6) is -3.57. The summed E-state index contributed by atoms with van der Waals surface area (Å²) in [7, 11) is 1.37. The summed E-state index contributed by atoms with van der Waals surface area (Å²) in [5, 5.41) is 0. The average molecular weight is 273 g/mol. The smallest absolute Gasteiger partial charge is 0.233 e. The fourth-order valence-electron chi connectivity index (χ4n) is 2.48. The number of amides is 2. The average Bonchev–Trinajstić information content (AvgIpc) is 2.67. The second-order valence-corrected chi connectivity index (χ2v) is 4.92. The van der Waals surface area contributed by atoms with E-state index in [0.29, 0.717) is 5.56 Å². The van der Waals surface area contributed by atoms with Gasteiger partial charge in [-0.2, -0.15) is 0 Å². The first-order valence-corrected chi connectivity index (χ1v) is 6.33.